The normalized spacial score (nSPS) is 17.5. The summed E-state index contributed by atoms with van der Waals surface area (Å²) in [6.07, 6.45) is 1.05. The van der Waals surface area contributed by atoms with Crippen molar-refractivity contribution in [3.05, 3.63) is 29.8 Å². The van der Waals surface area contributed by atoms with Crippen LogP contribution in [0.25, 0.3) is 0 Å². The fraction of sp³-hybridized carbons (Fsp3) is 0.438. The summed E-state index contributed by atoms with van der Waals surface area (Å²) >= 11 is 0. The van der Waals surface area contributed by atoms with Crippen LogP contribution in [0.1, 0.15) is 18.9 Å². The molecule has 2 rings (SSSR count). The zero-order valence-electron chi connectivity index (χ0n) is 12.8. The smallest absolute Gasteiger partial charge is 0.311 e. The first-order valence-electron chi connectivity index (χ1n) is 7.31. The third-order valence-electron chi connectivity index (χ3n) is 3.74. The van der Waals surface area contributed by atoms with E-state index in [4.69, 9.17) is 4.74 Å². The maximum Gasteiger partial charge on any atom is 0.311 e. The van der Waals surface area contributed by atoms with Gasteiger partial charge in [-0.25, -0.2) is 0 Å². The average Bonchev–Trinajstić information content (AvgIpc) is 2.94. The zero-order chi connectivity index (χ0) is 16.1. The third-order valence-corrected chi connectivity index (χ3v) is 3.74. The predicted molar refractivity (Wildman–Crippen MR) is 81.3 cm³/mol. The molecule has 0 spiro atoms. The van der Waals surface area contributed by atoms with Gasteiger partial charge in [-0.15, -0.1) is 0 Å². The number of ether oxygens (including phenoxy) is 1. The van der Waals surface area contributed by atoms with Gasteiger partial charge in [0, 0.05) is 25.7 Å². The van der Waals surface area contributed by atoms with Crippen LogP contribution in [0.3, 0.4) is 0 Å². The van der Waals surface area contributed by atoms with Crippen LogP contribution in [-0.2, 0) is 25.5 Å². The van der Waals surface area contributed by atoms with E-state index in [2.05, 4.69) is 12.2 Å². The highest BCUT2D eigenvalue weighted by Gasteiger charge is 2.36. The molecule has 1 aromatic rings. The molecule has 1 aliphatic rings. The summed E-state index contributed by atoms with van der Waals surface area (Å²) in [5, 5.41) is 2.37. The van der Waals surface area contributed by atoms with Gasteiger partial charge in [-0.1, -0.05) is 19.1 Å². The molecule has 1 saturated heterocycles. The summed E-state index contributed by atoms with van der Waals surface area (Å²) < 4.78 is 4.92. The molecule has 0 radical (unpaired) electrons. The fourth-order valence-corrected chi connectivity index (χ4v) is 2.35. The number of anilines is 1. The number of amides is 2. The minimum Gasteiger partial charge on any atom is -0.455 e. The lowest BCUT2D eigenvalue weighted by Gasteiger charge is -2.16. The van der Waals surface area contributed by atoms with E-state index in [0.717, 1.165) is 12.1 Å². The van der Waals surface area contributed by atoms with Crippen molar-refractivity contribution in [3.63, 3.8) is 0 Å². The average molecular weight is 304 g/mol. The standard InChI is InChI=1S/C16H20N2O4/c1-3-11-4-6-13(7-5-11)18-9-12(8-15(18)20)16(21)22-10-14(19)17-2/h4-7,12H,3,8-10H2,1-2H3,(H,17,19)/t12-/m0/s1. The van der Waals surface area contributed by atoms with Gasteiger partial charge in [-0.3, -0.25) is 14.4 Å². The molecule has 0 aromatic heterocycles. The van der Waals surface area contributed by atoms with E-state index >= 15 is 0 Å². The lowest BCUT2D eigenvalue weighted by molar-refractivity contribution is -0.152. The van der Waals surface area contributed by atoms with Crippen LogP contribution in [-0.4, -0.2) is 38.0 Å². The SMILES string of the molecule is CCc1ccc(N2C[C@@H](C(=O)OCC(=O)NC)CC2=O)cc1. The Morgan fingerprint density at radius 1 is 1.32 bits per heavy atom. The molecule has 1 aliphatic heterocycles. The maximum absolute atomic E-state index is 12.1. The summed E-state index contributed by atoms with van der Waals surface area (Å²) in [4.78, 5) is 36.6. The molecule has 0 aliphatic carbocycles. The van der Waals surface area contributed by atoms with Gasteiger partial charge in [0.05, 0.1) is 5.92 Å². The van der Waals surface area contributed by atoms with Crippen molar-refractivity contribution in [1.82, 2.24) is 5.32 Å². The van der Waals surface area contributed by atoms with Gasteiger partial charge in [0.1, 0.15) is 0 Å². The van der Waals surface area contributed by atoms with E-state index in [1.165, 1.54) is 12.6 Å². The van der Waals surface area contributed by atoms with Crippen molar-refractivity contribution in [2.24, 2.45) is 5.92 Å². The molecule has 22 heavy (non-hydrogen) atoms. The molecule has 1 fully saturated rings. The summed E-state index contributed by atoms with van der Waals surface area (Å²) in [6.45, 7) is 2.04. The first-order valence-corrected chi connectivity index (χ1v) is 7.31. The summed E-state index contributed by atoms with van der Waals surface area (Å²) in [5.74, 6) is -1.51. The number of hydrogen-bond acceptors (Lipinski definition) is 4. The Balaban J connectivity index is 1.97. The van der Waals surface area contributed by atoms with E-state index in [0.29, 0.717) is 0 Å². The number of aryl methyl sites for hydroxylation is 1. The van der Waals surface area contributed by atoms with Gasteiger partial charge < -0.3 is 15.0 Å². The number of carbonyl (C=O) groups is 3. The van der Waals surface area contributed by atoms with E-state index < -0.39 is 11.9 Å². The Morgan fingerprint density at radius 3 is 2.59 bits per heavy atom. The summed E-state index contributed by atoms with van der Waals surface area (Å²) in [7, 11) is 1.47. The topological polar surface area (TPSA) is 75.7 Å². The van der Waals surface area contributed by atoms with Crippen molar-refractivity contribution in [1.29, 1.82) is 0 Å². The zero-order valence-corrected chi connectivity index (χ0v) is 12.8. The Bertz CT molecular complexity index is 568. The van der Waals surface area contributed by atoms with Gasteiger partial charge in [-0.2, -0.15) is 0 Å². The second-order valence-corrected chi connectivity index (χ2v) is 5.21. The first kappa shape index (κ1) is 16.0. The second-order valence-electron chi connectivity index (χ2n) is 5.21. The van der Waals surface area contributed by atoms with Crippen molar-refractivity contribution in [2.75, 3.05) is 25.1 Å². The van der Waals surface area contributed by atoms with Crippen molar-refractivity contribution >= 4 is 23.5 Å². The van der Waals surface area contributed by atoms with Crippen LogP contribution in [0.15, 0.2) is 24.3 Å². The first-order chi connectivity index (χ1) is 10.5. The van der Waals surface area contributed by atoms with Crippen LogP contribution < -0.4 is 10.2 Å². The fourth-order valence-electron chi connectivity index (χ4n) is 2.35. The molecular weight excluding hydrogens is 284 g/mol. The highest BCUT2D eigenvalue weighted by Crippen LogP contribution is 2.26. The predicted octanol–water partition coefficient (Wildman–Crippen LogP) is 0.891. The molecule has 1 atom stereocenters. The summed E-state index contributed by atoms with van der Waals surface area (Å²) in [6, 6.07) is 7.71. The van der Waals surface area contributed by atoms with Crippen LogP contribution in [0, 0.1) is 5.92 Å². The van der Waals surface area contributed by atoms with Crippen molar-refractivity contribution in [3.8, 4) is 0 Å². The van der Waals surface area contributed by atoms with E-state index in [9.17, 15) is 14.4 Å². The van der Waals surface area contributed by atoms with Crippen molar-refractivity contribution < 1.29 is 19.1 Å². The molecule has 0 saturated carbocycles. The monoisotopic (exact) mass is 304 g/mol. The molecule has 1 N–H and O–H groups in total. The van der Waals surface area contributed by atoms with Crippen LogP contribution >= 0.6 is 0 Å². The molecule has 6 nitrogen and oxygen atoms in total. The lowest BCUT2D eigenvalue weighted by atomic mass is 10.1. The van der Waals surface area contributed by atoms with Crippen LogP contribution in [0.4, 0.5) is 5.69 Å². The lowest BCUT2D eigenvalue weighted by Crippen LogP contribution is -2.29. The quantitative estimate of drug-likeness (QED) is 0.820. The van der Waals surface area contributed by atoms with Gasteiger partial charge in [0.2, 0.25) is 5.91 Å². The number of esters is 1. The van der Waals surface area contributed by atoms with Gasteiger partial charge in [0.25, 0.3) is 5.91 Å². The van der Waals surface area contributed by atoms with E-state index in [1.807, 2.05) is 24.3 Å². The van der Waals surface area contributed by atoms with Gasteiger partial charge >= 0.3 is 5.97 Å². The Kier molecular flexibility index (Phi) is 5.14. The third kappa shape index (κ3) is 3.63. The molecule has 118 valence electrons. The number of carbonyl (C=O) groups excluding carboxylic acids is 3. The molecular formula is C16H20N2O4. The highest BCUT2D eigenvalue weighted by molar-refractivity contribution is 5.99. The Morgan fingerprint density at radius 2 is 2.00 bits per heavy atom. The number of rotatable bonds is 5. The molecule has 0 bridgehead atoms. The second kappa shape index (κ2) is 7.06. The number of nitrogens with zero attached hydrogens (tertiary/aromatic N) is 1. The number of benzene rings is 1. The highest BCUT2D eigenvalue weighted by atomic mass is 16.5. The molecule has 1 heterocycles. The van der Waals surface area contributed by atoms with Crippen LogP contribution in [0.2, 0.25) is 0 Å². The molecule has 0 unspecified atom stereocenters. The molecule has 2 amide bonds. The van der Waals surface area contributed by atoms with Gasteiger partial charge in [0.15, 0.2) is 6.61 Å². The Hall–Kier alpha value is -2.37. The van der Waals surface area contributed by atoms with E-state index in [-0.39, 0.29) is 31.4 Å². The minimum atomic E-state index is -0.525. The molecule has 6 heteroatoms. The largest absolute Gasteiger partial charge is 0.455 e. The number of likely N-dealkylation sites (N-methyl/N-ethyl adjacent to an activating group) is 1. The van der Waals surface area contributed by atoms with Gasteiger partial charge in [-0.05, 0) is 24.1 Å². The summed E-state index contributed by atoms with van der Waals surface area (Å²) in [5.41, 5.74) is 1.97. The Labute approximate surface area is 129 Å². The molecule has 1 aromatic carbocycles. The minimum absolute atomic E-state index is 0.105. The maximum atomic E-state index is 12.1. The van der Waals surface area contributed by atoms with Crippen molar-refractivity contribution in [2.45, 2.75) is 19.8 Å². The van der Waals surface area contributed by atoms with E-state index in [1.54, 1.807) is 4.90 Å². The number of hydrogen-bond donors (Lipinski definition) is 1. The van der Waals surface area contributed by atoms with Crippen LogP contribution in [0.5, 0.6) is 0 Å². The number of nitrogens with one attached hydrogen (secondary N) is 1.